The first-order valence-corrected chi connectivity index (χ1v) is 8.15. The van der Waals surface area contributed by atoms with Gasteiger partial charge in [-0.1, -0.05) is 13.0 Å². The van der Waals surface area contributed by atoms with E-state index >= 15 is 0 Å². The van der Waals surface area contributed by atoms with E-state index in [4.69, 9.17) is 0 Å². The number of benzene rings is 1. The Labute approximate surface area is 115 Å². The number of fused-ring (bicyclic) bond motifs is 1. The number of hydrogen-bond donors (Lipinski definition) is 2. The van der Waals surface area contributed by atoms with Crippen molar-refractivity contribution in [2.45, 2.75) is 30.8 Å². The van der Waals surface area contributed by atoms with E-state index < -0.39 is 16.1 Å². The zero-order valence-electron chi connectivity index (χ0n) is 10.4. The molecular formula is C11H15N3O3S2. The van der Waals surface area contributed by atoms with Crippen LogP contribution in [0.25, 0.3) is 0 Å². The van der Waals surface area contributed by atoms with Crippen LogP contribution in [-0.4, -0.2) is 26.2 Å². The van der Waals surface area contributed by atoms with Crippen molar-refractivity contribution in [1.29, 1.82) is 0 Å². The van der Waals surface area contributed by atoms with E-state index in [-0.39, 0.29) is 11.4 Å². The van der Waals surface area contributed by atoms with Crippen LogP contribution in [0.1, 0.15) is 19.8 Å². The number of nitrogens with zero attached hydrogens (tertiary/aromatic N) is 2. The summed E-state index contributed by atoms with van der Waals surface area (Å²) in [6, 6.07) is 4.86. The summed E-state index contributed by atoms with van der Waals surface area (Å²) in [7, 11) is -3.62. The highest BCUT2D eigenvalue weighted by Crippen LogP contribution is 2.37. The minimum atomic E-state index is -3.62. The van der Waals surface area contributed by atoms with E-state index in [0.717, 1.165) is 11.4 Å². The number of hydrogen-bond acceptors (Lipinski definition) is 5. The van der Waals surface area contributed by atoms with Crippen LogP contribution >= 0.6 is 0 Å². The Hall–Kier alpha value is -1.09. The molecule has 0 aromatic heterocycles. The second-order valence-corrected chi connectivity index (χ2v) is 6.40. The molecule has 0 amide bonds. The second-order valence-electron chi connectivity index (χ2n) is 4.14. The standard InChI is InChI=1S/C11H15N3O3S2/c1-2-8(15)6-7-12-19(16,17)10-5-3-4-9-11(10)14-18-13-9/h3-5,8,12,15H,2,6-7H2,1H3. The Morgan fingerprint density at radius 1 is 1.42 bits per heavy atom. The molecule has 2 rings (SSSR count). The van der Waals surface area contributed by atoms with Crippen LogP contribution in [0.3, 0.4) is 0 Å². The van der Waals surface area contributed by atoms with Crippen molar-refractivity contribution in [3.05, 3.63) is 18.2 Å². The van der Waals surface area contributed by atoms with Gasteiger partial charge in [0.05, 0.1) is 17.5 Å². The summed E-state index contributed by atoms with van der Waals surface area (Å²) >= 11 is 0.983. The third-order valence-corrected chi connectivity index (χ3v) is 4.81. The third kappa shape index (κ3) is 3.27. The Bertz CT molecular complexity index is 637. The molecule has 1 unspecified atom stereocenters. The lowest BCUT2D eigenvalue weighted by Crippen LogP contribution is -2.27. The van der Waals surface area contributed by atoms with Gasteiger partial charge in [-0.15, -0.1) is 0 Å². The van der Waals surface area contributed by atoms with Gasteiger partial charge in [0, 0.05) is 6.54 Å². The Kier molecular flexibility index (Phi) is 4.46. The maximum absolute atomic E-state index is 12.2. The third-order valence-electron chi connectivity index (χ3n) is 2.78. The van der Waals surface area contributed by atoms with Gasteiger partial charge in [-0.25, -0.2) is 13.1 Å². The van der Waals surface area contributed by atoms with Crippen LogP contribution in [0.4, 0.5) is 11.4 Å². The van der Waals surface area contributed by atoms with Crippen LogP contribution in [0.2, 0.25) is 0 Å². The molecule has 1 aliphatic rings. The van der Waals surface area contributed by atoms with E-state index in [1.54, 1.807) is 12.1 Å². The maximum Gasteiger partial charge on any atom is 0.242 e. The zero-order chi connectivity index (χ0) is 13.9. The van der Waals surface area contributed by atoms with Crippen LogP contribution in [0.15, 0.2) is 31.8 Å². The largest absolute Gasteiger partial charge is 0.393 e. The number of rotatable bonds is 6. The summed E-state index contributed by atoms with van der Waals surface area (Å²) in [5.74, 6) is 0. The molecule has 0 radical (unpaired) electrons. The van der Waals surface area contributed by atoms with Crippen molar-refractivity contribution >= 4 is 32.8 Å². The first-order chi connectivity index (χ1) is 9.04. The molecule has 0 saturated heterocycles. The van der Waals surface area contributed by atoms with E-state index in [0.29, 0.717) is 24.2 Å². The van der Waals surface area contributed by atoms with Gasteiger partial charge in [-0.05, 0) is 25.0 Å². The molecule has 0 aliphatic carbocycles. The molecule has 0 bridgehead atoms. The first-order valence-electron chi connectivity index (χ1n) is 5.93. The molecule has 19 heavy (non-hydrogen) atoms. The Morgan fingerprint density at radius 3 is 2.95 bits per heavy atom. The summed E-state index contributed by atoms with van der Waals surface area (Å²) in [4.78, 5) is 0.129. The number of sulfonamides is 1. The van der Waals surface area contributed by atoms with Crippen LogP contribution in [-0.2, 0) is 21.4 Å². The van der Waals surface area contributed by atoms with Crippen molar-refractivity contribution in [2.24, 2.45) is 8.73 Å². The van der Waals surface area contributed by atoms with Crippen LogP contribution in [0.5, 0.6) is 0 Å². The van der Waals surface area contributed by atoms with E-state index in [1.165, 1.54) is 6.07 Å². The van der Waals surface area contributed by atoms with Gasteiger partial charge in [-0.3, -0.25) is 0 Å². The fraction of sp³-hybridized carbons (Fsp3) is 0.455. The SMILES string of the molecule is CCC(O)CCNS(=O)(=O)c1cccc2c1N=S=N2. The van der Waals surface area contributed by atoms with Crippen molar-refractivity contribution in [3.63, 3.8) is 0 Å². The van der Waals surface area contributed by atoms with Crippen molar-refractivity contribution in [1.82, 2.24) is 4.72 Å². The molecule has 1 heterocycles. The van der Waals surface area contributed by atoms with Gasteiger partial charge in [0.2, 0.25) is 10.0 Å². The highest BCUT2D eigenvalue weighted by atomic mass is 32.2. The zero-order valence-corrected chi connectivity index (χ0v) is 12.0. The van der Waals surface area contributed by atoms with Gasteiger partial charge < -0.3 is 5.11 Å². The summed E-state index contributed by atoms with van der Waals surface area (Å²) in [6.45, 7) is 2.05. The molecule has 1 atom stereocenters. The number of aliphatic hydroxyl groups excluding tert-OH is 1. The Morgan fingerprint density at radius 2 is 2.21 bits per heavy atom. The molecule has 2 N–H and O–H groups in total. The predicted octanol–water partition coefficient (Wildman–Crippen LogP) is 1.85. The van der Waals surface area contributed by atoms with Crippen LogP contribution < -0.4 is 4.72 Å². The molecule has 0 saturated carbocycles. The molecule has 1 aromatic rings. The first kappa shape index (κ1) is 14.3. The fourth-order valence-corrected chi connectivity index (χ4v) is 3.45. The van der Waals surface area contributed by atoms with Crippen LogP contribution in [0, 0.1) is 0 Å². The molecular weight excluding hydrogens is 286 g/mol. The molecule has 104 valence electrons. The average Bonchev–Trinajstić information content (AvgIpc) is 2.86. The van der Waals surface area contributed by atoms with Gasteiger partial charge in [0.25, 0.3) is 0 Å². The van der Waals surface area contributed by atoms with E-state index in [9.17, 15) is 13.5 Å². The van der Waals surface area contributed by atoms with Crippen molar-refractivity contribution < 1.29 is 13.5 Å². The molecule has 6 nitrogen and oxygen atoms in total. The quantitative estimate of drug-likeness (QED) is 0.853. The molecule has 1 aliphatic heterocycles. The molecule has 1 aromatic carbocycles. The molecule has 0 spiro atoms. The fourth-order valence-electron chi connectivity index (χ4n) is 1.64. The average molecular weight is 301 g/mol. The normalized spacial score (nSPS) is 15.1. The lowest BCUT2D eigenvalue weighted by molar-refractivity contribution is 0.162. The lowest BCUT2D eigenvalue weighted by Gasteiger charge is -2.10. The molecule has 8 heteroatoms. The highest BCUT2D eigenvalue weighted by molar-refractivity contribution is 7.89. The number of aliphatic hydroxyl groups is 1. The highest BCUT2D eigenvalue weighted by Gasteiger charge is 2.22. The summed E-state index contributed by atoms with van der Waals surface area (Å²) < 4.78 is 34.8. The molecule has 0 fully saturated rings. The number of nitrogens with one attached hydrogen (secondary N) is 1. The van der Waals surface area contributed by atoms with Gasteiger partial charge in [-0.2, -0.15) is 8.73 Å². The monoisotopic (exact) mass is 301 g/mol. The Balaban J connectivity index is 2.13. The van der Waals surface area contributed by atoms with Gasteiger partial charge in [0.15, 0.2) is 0 Å². The lowest BCUT2D eigenvalue weighted by atomic mass is 10.2. The van der Waals surface area contributed by atoms with Gasteiger partial charge >= 0.3 is 0 Å². The van der Waals surface area contributed by atoms with Gasteiger partial charge in [0.1, 0.15) is 16.3 Å². The van der Waals surface area contributed by atoms with Crippen molar-refractivity contribution in [3.8, 4) is 0 Å². The summed E-state index contributed by atoms with van der Waals surface area (Å²) in [6.07, 6.45) is 0.508. The van der Waals surface area contributed by atoms with E-state index in [2.05, 4.69) is 13.4 Å². The minimum absolute atomic E-state index is 0.129. The topological polar surface area (TPSA) is 91.1 Å². The van der Waals surface area contributed by atoms with E-state index in [1.807, 2.05) is 6.92 Å². The maximum atomic E-state index is 12.2. The summed E-state index contributed by atoms with van der Waals surface area (Å²) in [5, 5.41) is 9.41. The second kappa shape index (κ2) is 5.91. The summed E-state index contributed by atoms with van der Waals surface area (Å²) in [5.41, 5.74) is 0.956. The predicted molar refractivity (Wildman–Crippen MR) is 74.1 cm³/mol. The van der Waals surface area contributed by atoms with Crippen molar-refractivity contribution in [2.75, 3.05) is 6.54 Å². The minimum Gasteiger partial charge on any atom is -0.393 e. The smallest absolute Gasteiger partial charge is 0.242 e.